The molecule has 2 fully saturated rings. The predicted molar refractivity (Wildman–Crippen MR) is 127 cm³/mol. The summed E-state index contributed by atoms with van der Waals surface area (Å²) >= 11 is 0. The van der Waals surface area contributed by atoms with Crippen molar-refractivity contribution in [3.05, 3.63) is 48.0 Å². The lowest BCUT2D eigenvalue weighted by molar-refractivity contribution is -0.917. The molecule has 0 bridgehead atoms. The number of hydrogen-bond donors (Lipinski definition) is 1. The Morgan fingerprint density at radius 2 is 1.74 bits per heavy atom. The minimum Gasteiger partial charge on any atom is -0.341 e. The number of aryl methyl sites for hydroxylation is 1. The van der Waals surface area contributed by atoms with Crippen LogP contribution in [-0.2, 0) is 17.9 Å². The predicted octanol–water partition coefficient (Wildman–Crippen LogP) is 4.01. The lowest BCUT2D eigenvalue weighted by atomic mass is 10.0. The summed E-state index contributed by atoms with van der Waals surface area (Å²) in [4.78, 5) is 16.4. The van der Waals surface area contributed by atoms with Crippen molar-refractivity contribution in [1.29, 1.82) is 0 Å². The molecule has 4 heteroatoms. The first-order valence-electron chi connectivity index (χ1n) is 12.3. The zero-order valence-corrected chi connectivity index (χ0v) is 18.9. The van der Waals surface area contributed by atoms with Crippen LogP contribution >= 0.6 is 0 Å². The van der Waals surface area contributed by atoms with Crippen LogP contribution in [-0.4, -0.2) is 41.6 Å². The molecule has 1 aliphatic heterocycles. The van der Waals surface area contributed by atoms with Gasteiger partial charge in [0, 0.05) is 40.3 Å². The number of fused-ring (bicyclic) bond motifs is 3. The molecule has 5 rings (SSSR count). The third-order valence-electron chi connectivity index (χ3n) is 7.67. The van der Waals surface area contributed by atoms with Gasteiger partial charge in [-0.15, -0.1) is 0 Å². The van der Waals surface area contributed by atoms with Gasteiger partial charge in [-0.3, -0.25) is 4.79 Å². The van der Waals surface area contributed by atoms with Gasteiger partial charge >= 0.3 is 0 Å². The monoisotopic (exact) mass is 418 g/mol. The van der Waals surface area contributed by atoms with Gasteiger partial charge in [0.25, 0.3) is 0 Å². The second-order valence-electron chi connectivity index (χ2n) is 9.61. The minimum atomic E-state index is 0.389. The van der Waals surface area contributed by atoms with E-state index in [-0.39, 0.29) is 0 Å². The van der Waals surface area contributed by atoms with Crippen molar-refractivity contribution in [3.8, 4) is 0 Å². The fourth-order valence-corrected chi connectivity index (χ4v) is 5.87. The number of rotatable bonds is 6. The van der Waals surface area contributed by atoms with E-state index < -0.39 is 0 Å². The molecule has 1 amide bonds. The van der Waals surface area contributed by atoms with Crippen molar-refractivity contribution in [3.63, 3.8) is 0 Å². The van der Waals surface area contributed by atoms with E-state index in [1.165, 1.54) is 53.1 Å². The molecule has 1 aliphatic carbocycles. The van der Waals surface area contributed by atoms with E-state index in [9.17, 15) is 4.79 Å². The second kappa shape index (κ2) is 9.04. The highest BCUT2D eigenvalue weighted by Gasteiger charge is 2.25. The molecule has 1 saturated heterocycles. The Labute approximate surface area is 185 Å². The number of para-hydroxylation sites is 1. The van der Waals surface area contributed by atoms with Gasteiger partial charge in [0.2, 0.25) is 5.91 Å². The van der Waals surface area contributed by atoms with Gasteiger partial charge in [0.05, 0.1) is 26.2 Å². The molecule has 2 heterocycles. The number of quaternary nitrogens is 1. The lowest BCUT2D eigenvalue weighted by Crippen LogP contribution is -3.13. The van der Waals surface area contributed by atoms with Gasteiger partial charge < -0.3 is 14.4 Å². The highest BCUT2D eigenvalue weighted by atomic mass is 16.2. The quantitative estimate of drug-likeness (QED) is 0.644. The van der Waals surface area contributed by atoms with E-state index in [0.717, 1.165) is 58.0 Å². The summed E-state index contributed by atoms with van der Waals surface area (Å²) in [6.07, 6.45) is 7.28. The summed E-state index contributed by atoms with van der Waals surface area (Å²) in [5.41, 5.74) is 4.07. The largest absolute Gasteiger partial charge is 0.341 e. The number of amides is 1. The fraction of sp³-hybridized carbons (Fsp3) is 0.519. The first kappa shape index (κ1) is 20.6. The number of hydrogen-bond acceptors (Lipinski definition) is 1. The number of piperazine rings is 1. The van der Waals surface area contributed by atoms with Gasteiger partial charge in [0.15, 0.2) is 0 Å². The maximum absolute atomic E-state index is 12.6. The molecule has 3 aromatic rings. The average molecular weight is 419 g/mol. The number of benzene rings is 2. The van der Waals surface area contributed by atoms with Crippen molar-refractivity contribution in [2.24, 2.45) is 5.92 Å². The number of carbonyl (C=O) groups is 1. The summed E-state index contributed by atoms with van der Waals surface area (Å²) in [6, 6.07) is 15.8. The maximum atomic E-state index is 12.6. The van der Waals surface area contributed by atoms with E-state index in [0.29, 0.717) is 5.91 Å². The Kier molecular flexibility index (Phi) is 5.99. The Bertz CT molecular complexity index is 1050. The molecular formula is C27H36N3O+. The number of aromatic nitrogens is 1. The summed E-state index contributed by atoms with van der Waals surface area (Å²) in [7, 11) is 0. The third kappa shape index (κ3) is 4.23. The van der Waals surface area contributed by atoms with Crippen LogP contribution in [0.5, 0.6) is 0 Å². The summed E-state index contributed by atoms with van der Waals surface area (Å²) < 4.78 is 2.41. The summed E-state index contributed by atoms with van der Waals surface area (Å²) in [5.74, 6) is 1.20. The van der Waals surface area contributed by atoms with E-state index in [1.54, 1.807) is 4.90 Å². The first-order valence-corrected chi connectivity index (χ1v) is 12.3. The second-order valence-corrected chi connectivity index (χ2v) is 9.61. The van der Waals surface area contributed by atoms with Crippen molar-refractivity contribution in [2.45, 2.75) is 58.5 Å². The van der Waals surface area contributed by atoms with Crippen LogP contribution in [0.25, 0.3) is 21.8 Å². The van der Waals surface area contributed by atoms with E-state index in [4.69, 9.17) is 0 Å². The summed E-state index contributed by atoms with van der Waals surface area (Å²) in [6.45, 7) is 8.20. The molecule has 0 atom stereocenters. The molecular weight excluding hydrogens is 382 g/mol. The number of carbonyl (C=O) groups excluding carboxylic acids is 1. The molecule has 2 aliphatic rings. The van der Waals surface area contributed by atoms with Crippen LogP contribution < -0.4 is 4.90 Å². The molecule has 0 radical (unpaired) electrons. The zero-order chi connectivity index (χ0) is 21.2. The molecule has 0 unspecified atom stereocenters. The molecule has 2 aromatic carbocycles. The van der Waals surface area contributed by atoms with Gasteiger partial charge in [-0.2, -0.15) is 0 Å². The van der Waals surface area contributed by atoms with Crippen molar-refractivity contribution in [1.82, 2.24) is 9.47 Å². The Hall–Kier alpha value is -2.33. The van der Waals surface area contributed by atoms with Crippen LogP contribution in [0.1, 0.15) is 51.0 Å². The first-order chi connectivity index (χ1) is 15.2. The van der Waals surface area contributed by atoms with Crippen LogP contribution in [0.2, 0.25) is 0 Å². The van der Waals surface area contributed by atoms with E-state index in [2.05, 4.69) is 58.9 Å². The van der Waals surface area contributed by atoms with Crippen molar-refractivity contribution >= 4 is 27.7 Å². The lowest BCUT2D eigenvalue weighted by Gasteiger charge is -2.32. The van der Waals surface area contributed by atoms with Crippen LogP contribution in [0.3, 0.4) is 0 Å². The third-order valence-corrected chi connectivity index (χ3v) is 7.67. The van der Waals surface area contributed by atoms with Crippen LogP contribution in [0, 0.1) is 5.92 Å². The van der Waals surface area contributed by atoms with Crippen molar-refractivity contribution < 1.29 is 9.69 Å². The van der Waals surface area contributed by atoms with Crippen molar-refractivity contribution in [2.75, 3.05) is 26.2 Å². The SMILES string of the molecule is CCn1c2ccccc2c2cc(C[NH+]3CCN(C(=O)CCC4CCCC4)CC3)ccc21. The van der Waals surface area contributed by atoms with E-state index >= 15 is 0 Å². The standard InChI is InChI=1S/C27H35N3O/c1-2-30-25-10-6-5-9-23(25)24-19-22(11-13-26(24)30)20-28-15-17-29(18-16-28)27(31)14-12-21-7-3-4-8-21/h5-6,9-11,13,19,21H,2-4,7-8,12,14-18,20H2,1H3/p+1. The average Bonchev–Trinajstić information content (AvgIpc) is 3.44. The van der Waals surface area contributed by atoms with Gasteiger partial charge in [-0.05, 0) is 37.5 Å². The molecule has 1 aromatic heterocycles. The normalized spacial score (nSPS) is 18.4. The highest BCUT2D eigenvalue weighted by Crippen LogP contribution is 2.30. The molecule has 164 valence electrons. The summed E-state index contributed by atoms with van der Waals surface area (Å²) in [5, 5.41) is 2.73. The molecule has 31 heavy (non-hydrogen) atoms. The number of nitrogens with zero attached hydrogens (tertiary/aromatic N) is 2. The molecule has 1 N–H and O–H groups in total. The van der Waals surface area contributed by atoms with Gasteiger partial charge in [-0.25, -0.2) is 0 Å². The fourth-order valence-electron chi connectivity index (χ4n) is 5.87. The topological polar surface area (TPSA) is 29.7 Å². The number of nitrogens with one attached hydrogen (secondary N) is 1. The maximum Gasteiger partial charge on any atom is 0.222 e. The minimum absolute atomic E-state index is 0.389. The van der Waals surface area contributed by atoms with Gasteiger partial charge in [0.1, 0.15) is 6.54 Å². The molecule has 0 spiro atoms. The smallest absolute Gasteiger partial charge is 0.222 e. The van der Waals surface area contributed by atoms with Gasteiger partial charge in [-0.1, -0.05) is 49.9 Å². The van der Waals surface area contributed by atoms with Crippen LogP contribution in [0.4, 0.5) is 0 Å². The van der Waals surface area contributed by atoms with E-state index in [1.807, 2.05) is 0 Å². The molecule has 1 saturated carbocycles. The zero-order valence-electron chi connectivity index (χ0n) is 18.9. The Morgan fingerprint density at radius 3 is 2.52 bits per heavy atom. The molecule has 4 nitrogen and oxygen atoms in total. The highest BCUT2D eigenvalue weighted by molar-refractivity contribution is 6.08. The Balaban J connectivity index is 1.21. The van der Waals surface area contributed by atoms with Crippen LogP contribution in [0.15, 0.2) is 42.5 Å². The Morgan fingerprint density at radius 1 is 1.00 bits per heavy atom.